The number of hydrogen-bond acceptors (Lipinski definition) is 3. The molecule has 6 heteroatoms. The molecule has 2 aromatic carbocycles. The number of rotatable bonds is 5. The van der Waals surface area contributed by atoms with Gasteiger partial charge in [-0.25, -0.2) is 13.1 Å². The lowest BCUT2D eigenvalue weighted by Gasteiger charge is -2.22. The second kappa shape index (κ2) is 6.75. The minimum Gasteiger partial charge on any atom is -0.308 e. The van der Waals surface area contributed by atoms with Crippen molar-refractivity contribution in [1.29, 1.82) is 0 Å². The molecule has 0 fully saturated rings. The molecule has 1 atom stereocenters. The predicted octanol–water partition coefficient (Wildman–Crippen LogP) is 2.08. The normalized spacial score (nSPS) is 16.9. The summed E-state index contributed by atoms with van der Waals surface area (Å²) in [7, 11) is -3.55. The lowest BCUT2D eigenvalue weighted by Crippen LogP contribution is -2.43. The third-order valence-corrected chi connectivity index (χ3v) is 5.42. The summed E-state index contributed by atoms with van der Waals surface area (Å²) < 4.78 is 26.7. The Morgan fingerprint density at radius 3 is 2.54 bits per heavy atom. The van der Waals surface area contributed by atoms with Crippen LogP contribution < -0.4 is 9.62 Å². The van der Waals surface area contributed by atoms with Crippen molar-refractivity contribution in [2.45, 2.75) is 25.1 Å². The number of hydrogen-bond donors (Lipinski definition) is 1. The van der Waals surface area contributed by atoms with Gasteiger partial charge in [0.05, 0.1) is 12.3 Å². The largest absolute Gasteiger partial charge is 0.308 e. The first-order chi connectivity index (χ1) is 11.5. The van der Waals surface area contributed by atoms with Crippen LogP contribution in [0.25, 0.3) is 0 Å². The molecule has 1 heterocycles. The number of para-hydroxylation sites is 1. The molecule has 2 aromatic rings. The van der Waals surface area contributed by atoms with E-state index in [-0.39, 0.29) is 24.2 Å². The van der Waals surface area contributed by atoms with Gasteiger partial charge in [-0.15, -0.1) is 0 Å². The fraction of sp³-hybridized carbons (Fsp3) is 0.278. The van der Waals surface area contributed by atoms with Crippen LogP contribution in [0.15, 0.2) is 54.6 Å². The number of benzene rings is 2. The molecule has 1 amide bonds. The Bertz CT molecular complexity index is 834. The number of anilines is 1. The Balaban J connectivity index is 1.65. The van der Waals surface area contributed by atoms with Gasteiger partial charge in [-0.1, -0.05) is 48.5 Å². The van der Waals surface area contributed by atoms with Gasteiger partial charge in [0.1, 0.15) is 0 Å². The monoisotopic (exact) mass is 344 g/mol. The van der Waals surface area contributed by atoms with Crippen LogP contribution in [-0.4, -0.2) is 26.9 Å². The highest BCUT2D eigenvalue weighted by Crippen LogP contribution is 2.31. The molecule has 3 rings (SSSR count). The number of nitrogens with zero attached hydrogens (tertiary/aromatic N) is 1. The molecular weight excluding hydrogens is 324 g/mol. The molecule has 0 bridgehead atoms. The van der Waals surface area contributed by atoms with Crippen LogP contribution in [0.4, 0.5) is 5.69 Å². The van der Waals surface area contributed by atoms with Crippen molar-refractivity contribution in [2.75, 3.05) is 11.4 Å². The van der Waals surface area contributed by atoms with E-state index < -0.39 is 10.0 Å². The SMILES string of the molecule is C[C@H]1Cc2ccccc2N1C(=O)CNS(=O)(=O)Cc1ccccc1. The van der Waals surface area contributed by atoms with Crippen LogP contribution in [0.1, 0.15) is 18.1 Å². The van der Waals surface area contributed by atoms with Crippen molar-refractivity contribution in [3.8, 4) is 0 Å². The van der Waals surface area contributed by atoms with Gasteiger partial charge in [0, 0.05) is 11.7 Å². The molecule has 0 saturated carbocycles. The fourth-order valence-corrected chi connectivity index (χ4v) is 4.12. The molecule has 1 aliphatic rings. The maximum absolute atomic E-state index is 12.5. The number of amides is 1. The Labute approximate surface area is 142 Å². The van der Waals surface area contributed by atoms with Crippen LogP contribution in [0.5, 0.6) is 0 Å². The van der Waals surface area contributed by atoms with Gasteiger partial charge >= 0.3 is 0 Å². The van der Waals surface area contributed by atoms with Crippen molar-refractivity contribution >= 4 is 21.6 Å². The van der Waals surface area contributed by atoms with Crippen LogP contribution in [0, 0.1) is 0 Å². The first-order valence-corrected chi connectivity index (χ1v) is 9.53. The van der Waals surface area contributed by atoms with E-state index in [0.29, 0.717) is 5.56 Å². The van der Waals surface area contributed by atoms with E-state index in [9.17, 15) is 13.2 Å². The Hall–Kier alpha value is -2.18. The first kappa shape index (κ1) is 16.7. The Kier molecular flexibility index (Phi) is 4.69. The minimum absolute atomic E-state index is 0.0357. The summed E-state index contributed by atoms with van der Waals surface area (Å²) in [6.07, 6.45) is 0.790. The zero-order valence-electron chi connectivity index (χ0n) is 13.5. The summed E-state index contributed by atoms with van der Waals surface area (Å²) in [5.74, 6) is -0.364. The standard InChI is InChI=1S/C18H20N2O3S/c1-14-11-16-9-5-6-10-17(16)20(14)18(21)12-19-24(22,23)13-15-7-3-2-4-8-15/h2-10,14,19H,11-13H2,1H3/t14-/m0/s1. The van der Waals surface area contributed by atoms with Crippen molar-refractivity contribution in [2.24, 2.45) is 0 Å². The topological polar surface area (TPSA) is 66.5 Å². The Morgan fingerprint density at radius 1 is 1.12 bits per heavy atom. The molecule has 1 aliphatic heterocycles. The molecule has 0 aliphatic carbocycles. The van der Waals surface area contributed by atoms with E-state index in [1.165, 1.54) is 0 Å². The lowest BCUT2D eigenvalue weighted by atomic mass is 10.1. The third-order valence-electron chi connectivity index (χ3n) is 4.12. The van der Waals surface area contributed by atoms with Gasteiger partial charge in [0.2, 0.25) is 15.9 Å². The van der Waals surface area contributed by atoms with Gasteiger partial charge in [-0.3, -0.25) is 4.79 Å². The molecule has 0 radical (unpaired) electrons. The number of fused-ring (bicyclic) bond motifs is 1. The maximum atomic E-state index is 12.5. The Morgan fingerprint density at radius 2 is 1.79 bits per heavy atom. The first-order valence-electron chi connectivity index (χ1n) is 7.87. The predicted molar refractivity (Wildman–Crippen MR) is 94.2 cm³/mol. The van der Waals surface area contributed by atoms with Crippen LogP contribution >= 0.6 is 0 Å². The summed E-state index contributed by atoms with van der Waals surface area (Å²) in [5.41, 5.74) is 2.68. The molecular formula is C18H20N2O3S. The van der Waals surface area contributed by atoms with E-state index >= 15 is 0 Å². The summed E-state index contributed by atoms with van der Waals surface area (Å²) in [5, 5.41) is 0. The van der Waals surface area contributed by atoms with Gasteiger partial charge in [0.15, 0.2) is 0 Å². The third kappa shape index (κ3) is 3.66. The number of carbonyl (C=O) groups excluding carboxylic acids is 1. The molecule has 0 unspecified atom stereocenters. The minimum atomic E-state index is -3.55. The van der Waals surface area contributed by atoms with Gasteiger partial charge in [-0.2, -0.15) is 0 Å². The van der Waals surface area contributed by atoms with E-state index in [4.69, 9.17) is 0 Å². The molecule has 126 valence electrons. The smallest absolute Gasteiger partial charge is 0.242 e. The summed E-state index contributed by atoms with van der Waals surface area (Å²) in [4.78, 5) is 14.2. The van der Waals surface area contributed by atoms with Crippen LogP contribution in [0.3, 0.4) is 0 Å². The van der Waals surface area contributed by atoms with Crippen molar-refractivity contribution in [1.82, 2.24) is 4.72 Å². The molecule has 1 N–H and O–H groups in total. The van der Waals surface area contributed by atoms with Gasteiger partial charge in [0.25, 0.3) is 0 Å². The zero-order valence-corrected chi connectivity index (χ0v) is 14.3. The zero-order chi connectivity index (χ0) is 17.2. The average molecular weight is 344 g/mol. The fourth-order valence-electron chi connectivity index (χ4n) is 3.05. The number of carbonyl (C=O) groups is 1. The molecule has 0 saturated heterocycles. The molecule has 0 aromatic heterocycles. The molecule has 0 spiro atoms. The van der Waals surface area contributed by atoms with Crippen molar-refractivity contribution in [3.05, 3.63) is 65.7 Å². The summed E-state index contributed by atoms with van der Waals surface area (Å²) in [6, 6.07) is 16.7. The number of sulfonamides is 1. The molecule has 5 nitrogen and oxygen atoms in total. The maximum Gasteiger partial charge on any atom is 0.242 e. The van der Waals surface area contributed by atoms with E-state index in [0.717, 1.165) is 17.7 Å². The highest BCUT2D eigenvalue weighted by Gasteiger charge is 2.30. The van der Waals surface area contributed by atoms with Crippen LogP contribution in [-0.2, 0) is 27.0 Å². The lowest BCUT2D eigenvalue weighted by molar-refractivity contribution is -0.117. The second-order valence-corrected chi connectivity index (χ2v) is 7.82. The average Bonchev–Trinajstić information content (AvgIpc) is 2.89. The van der Waals surface area contributed by atoms with E-state index in [1.54, 1.807) is 29.2 Å². The van der Waals surface area contributed by atoms with Crippen LogP contribution in [0.2, 0.25) is 0 Å². The second-order valence-electron chi connectivity index (χ2n) is 6.01. The quantitative estimate of drug-likeness (QED) is 0.903. The van der Waals surface area contributed by atoms with Crippen molar-refractivity contribution < 1.29 is 13.2 Å². The molecule has 24 heavy (non-hydrogen) atoms. The summed E-state index contributed by atoms with van der Waals surface area (Å²) in [6.45, 7) is 1.74. The highest BCUT2D eigenvalue weighted by molar-refractivity contribution is 7.88. The van der Waals surface area contributed by atoms with E-state index in [2.05, 4.69) is 4.72 Å². The van der Waals surface area contributed by atoms with E-state index in [1.807, 2.05) is 37.3 Å². The van der Waals surface area contributed by atoms with Crippen molar-refractivity contribution in [3.63, 3.8) is 0 Å². The van der Waals surface area contributed by atoms with Gasteiger partial charge < -0.3 is 4.90 Å². The number of nitrogens with one attached hydrogen (secondary N) is 1. The highest BCUT2D eigenvalue weighted by atomic mass is 32.2. The summed E-state index contributed by atoms with van der Waals surface area (Å²) >= 11 is 0. The van der Waals surface area contributed by atoms with Gasteiger partial charge in [-0.05, 0) is 30.5 Å².